The van der Waals surface area contributed by atoms with Gasteiger partial charge in [0.05, 0.1) is 19.3 Å². The summed E-state index contributed by atoms with van der Waals surface area (Å²) < 4.78 is 69.5. The van der Waals surface area contributed by atoms with Crippen LogP contribution in [0.25, 0.3) is 0 Å². The summed E-state index contributed by atoms with van der Waals surface area (Å²) in [6, 6.07) is -0.493. The second-order valence-corrected chi connectivity index (χ2v) is 3.65. The van der Waals surface area contributed by atoms with Crippen molar-refractivity contribution < 1.29 is 31.5 Å². The Morgan fingerprint density at radius 1 is 0.944 bits per heavy atom. The monoisotopic (exact) mass is 267 g/mol. The number of benzene rings is 1. The molecule has 1 aliphatic rings. The maximum atomic E-state index is 13.2. The van der Waals surface area contributed by atoms with Crippen LogP contribution in [0.15, 0.2) is 0 Å². The zero-order valence-electron chi connectivity index (χ0n) is 8.70. The zero-order chi connectivity index (χ0) is 13.4. The summed E-state index contributed by atoms with van der Waals surface area (Å²) in [6.45, 7) is 0.252. The molecule has 18 heavy (non-hydrogen) atoms. The van der Waals surface area contributed by atoms with Crippen LogP contribution >= 0.6 is 0 Å². The van der Waals surface area contributed by atoms with E-state index in [4.69, 9.17) is 0 Å². The Morgan fingerprint density at radius 2 is 1.39 bits per heavy atom. The van der Waals surface area contributed by atoms with Gasteiger partial charge in [-0.05, 0) is 0 Å². The average Bonchev–Trinajstić information content (AvgIpc) is 2.29. The van der Waals surface area contributed by atoms with E-state index >= 15 is 0 Å². The average molecular weight is 267 g/mol. The molecule has 0 radical (unpaired) electrons. The highest BCUT2D eigenvalue weighted by atomic mass is 19.2. The molecule has 1 aromatic carbocycles. The lowest BCUT2D eigenvalue weighted by Crippen LogP contribution is -2.49. The van der Waals surface area contributed by atoms with Crippen LogP contribution in [-0.4, -0.2) is 25.2 Å². The molecule has 3 nitrogen and oxygen atoms in total. The lowest BCUT2D eigenvalue weighted by Gasteiger charge is -2.26. The van der Waals surface area contributed by atoms with Crippen molar-refractivity contribution in [2.45, 2.75) is 6.04 Å². The van der Waals surface area contributed by atoms with Gasteiger partial charge in [0, 0.05) is 0 Å². The highest BCUT2D eigenvalue weighted by Gasteiger charge is 2.31. The third-order valence-corrected chi connectivity index (χ3v) is 2.41. The predicted octanol–water partition coefficient (Wildman–Crippen LogP) is 1.51. The van der Waals surface area contributed by atoms with E-state index in [2.05, 4.69) is 10.1 Å². The molecule has 0 spiro atoms. The second-order valence-electron chi connectivity index (χ2n) is 3.65. The van der Waals surface area contributed by atoms with E-state index in [-0.39, 0.29) is 13.2 Å². The van der Waals surface area contributed by atoms with Gasteiger partial charge in [-0.15, -0.1) is 0 Å². The molecular formula is C10H6F5NO2. The summed E-state index contributed by atoms with van der Waals surface area (Å²) in [5.41, 5.74) is -1.49. The van der Waals surface area contributed by atoms with Crippen molar-refractivity contribution in [1.82, 2.24) is 5.32 Å². The Labute approximate surface area is 97.5 Å². The molecule has 0 bridgehead atoms. The highest BCUT2D eigenvalue weighted by Crippen LogP contribution is 2.23. The lowest BCUT2D eigenvalue weighted by atomic mass is 10.1. The van der Waals surface area contributed by atoms with Crippen molar-refractivity contribution in [3.8, 4) is 0 Å². The minimum Gasteiger partial charge on any atom is -0.377 e. The molecule has 1 N–H and O–H groups in total. The van der Waals surface area contributed by atoms with Crippen LogP contribution < -0.4 is 5.32 Å². The van der Waals surface area contributed by atoms with E-state index in [9.17, 15) is 26.7 Å². The van der Waals surface area contributed by atoms with Gasteiger partial charge in [0.2, 0.25) is 5.82 Å². The van der Waals surface area contributed by atoms with E-state index < -0.39 is 46.6 Å². The van der Waals surface area contributed by atoms with Crippen molar-refractivity contribution in [3.05, 3.63) is 34.6 Å². The fraction of sp³-hybridized carbons (Fsp3) is 0.300. The number of carbonyl (C=O) groups excluding carboxylic acids is 1. The largest absolute Gasteiger partial charge is 0.377 e. The van der Waals surface area contributed by atoms with Crippen LogP contribution in [-0.2, 0) is 4.74 Å². The van der Waals surface area contributed by atoms with Crippen LogP contribution in [0.4, 0.5) is 22.0 Å². The molecule has 0 unspecified atom stereocenters. The van der Waals surface area contributed by atoms with Crippen LogP contribution in [0.5, 0.6) is 0 Å². The summed E-state index contributed by atoms with van der Waals surface area (Å²) in [6.07, 6.45) is 0. The minimum absolute atomic E-state index is 0.126. The van der Waals surface area contributed by atoms with E-state index in [0.29, 0.717) is 0 Å². The van der Waals surface area contributed by atoms with Crippen LogP contribution in [0.3, 0.4) is 0 Å². The summed E-state index contributed by atoms with van der Waals surface area (Å²) in [5, 5.41) is 2.09. The number of nitrogens with one attached hydrogen (secondary N) is 1. The summed E-state index contributed by atoms with van der Waals surface area (Å²) >= 11 is 0. The molecule has 1 saturated heterocycles. The molecule has 1 amide bonds. The first kappa shape index (κ1) is 12.7. The van der Waals surface area contributed by atoms with Gasteiger partial charge in [0.1, 0.15) is 5.56 Å². The number of halogens is 5. The van der Waals surface area contributed by atoms with Gasteiger partial charge in [0.25, 0.3) is 5.91 Å². The number of hydrogen-bond donors (Lipinski definition) is 1. The quantitative estimate of drug-likeness (QED) is 0.501. The standard InChI is InChI=1S/C10H6F5NO2/c11-5-4(10(17)16-3-1-18-2-3)6(12)8(14)9(15)7(5)13/h3H,1-2H2,(H,16,17). The van der Waals surface area contributed by atoms with E-state index in [1.165, 1.54) is 0 Å². The predicted molar refractivity (Wildman–Crippen MR) is 48.3 cm³/mol. The minimum atomic E-state index is -2.30. The molecule has 0 atom stereocenters. The molecular weight excluding hydrogens is 261 g/mol. The van der Waals surface area contributed by atoms with Crippen molar-refractivity contribution in [3.63, 3.8) is 0 Å². The molecule has 0 saturated carbocycles. The molecule has 1 aliphatic heterocycles. The van der Waals surface area contributed by atoms with Crippen LogP contribution in [0.1, 0.15) is 10.4 Å². The van der Waals surface area contributed by atoms with Gasteiger partial charge in [-0.3, -0.25) is 4.79 Å². The van der Waals surface area contributed by atoms with Crippen molar-refractivity contribution in [1.29, 1.82) is 0 Å². The Bertz CT molecular complexity index is 486. The molecule has 8 heteroatoms. The topological polar surface area (TPSA) is 38.3 Å². The van der Waals surface area contributed by atoms with Gasteiger partial charge in [-0.1, -0.05) is 0 Å². The maximum Gasteiger partial charge on any atom is 0.257 e. The van der Waals surface area contributed by atoms with Crippen molar-refractivity contribution in [2.24, 2.45) is 0 Å². The number of carbonyl (C=O) groups is 1. The Kier molecular flexibility index (Phi) is 3.20. The highest BCUT2D eigenvalue weighted by molar-refractivity contribution is 5.95. The SMILES string of the molecule is O=C(NC1COC1)c1c(F)c(F)c(F)c(F)c1F. The van der Waals surface area contributed by atoms with E-state index in [1.807, 2.05) is 0 Å². The van der Waals surface area contributed by atoms with Gasteiger partial charge < -0.3 is 10.1 Å². The Hall–Kier alpha value is -1.70. The number of rotatable bonds is 2. The summed E-state index contributed by atoms with van der Waals surface area (Å²) in [4.78, 5) is 11.4. The lowest BCUT2D eigenvalue weighted by molar-refractivity contribution is -0.00363. The van der Waals surface area contributed by atoms with Gasteiger partial charge >= 0.3 is 0 Å². The molecule has 0 aliphatic carbocycles. The molecule has 98 valence electrons. The number of amides is 1. The first-order chi connectivity index (χ1) is 8.43. The normalized spacial score (nSPS) is 15.4. The molecule has 1 fully saturated rings. The Morgan fingerprint density at radius 3 is 1.78 bits per heavy atom. The smallest absolute Gasteiger partial charge is 0.257 e. The first-order valence-electron chi connectivity index (χ1n) is 4.83. The van der Waals surface area contributed by atoms with Crippen molar-refractivity contribution >= 4 is 5.91 Å². The molecule has 0 aromatic heterocycles. The molecule has 1 aromatic rings. The Balaban J connectivity index is 2.40. The van der Waals surface area contributed by atoms with E-state index in [0.717, 1.165) is 0 Å². The number of ether oxygens (including phenoxy) is 1. The van der Waals surface area contributed by atoms with Crippen molar-refractivity contribution in [2.75, 3.05) is 13.2 Å². The fourth-order valence-corrected chi connectivity index (χ4v) is 1.38. The summed E-state index contributed by atoms with van der Waals surface area (Å²) in [5.74, 6) is -12.3. The third-order valence-electron chi connectivity index (χ3n) is 2.41. The molecule has 2 rings (SSSR count). The van der Waals surface area contributed by atoms with Gasteiger partial charge in [-0.2, -0.15) is 0 Å². The zero-order valence-corrected chi connectivity index (χ0v) is 8.70. The van der Waals surface area contributed by atoms with Gasteiger partial charge in [0.15, 0.2) is 23.3 Å². The second kappa shape index (κ2) is 4.52. The fourth-order valence-electron chi connectivity index (χ4n) is 1.38. The molecule has 1 heterocycles. The number of hydrogen-bond acceptors (Lipinski definition) is 2. The van der Waals surface area contributed by atoms with Crippen LogP contribution in [0.2, 0.25) is 0 Å². The van der Waals surface area contributed by atoms with Crippen LogP contribution in [0, 0.1) is 29.1 Å². The van der Waals surface area contributed by atoms with Gasteiger partial charge in [-0.25, -0.2) is 22.0 Å². The maximum absolute atomic E-state index is 13.2. The third kappa shape index (κ3) is 1.92. The first-order valence-corrected chi connectivity index (χ1v) is 4.83. The van der Waals surface area contributed by atoms with E-state index in [1.54, 1.807) is 0 Å². The summed E-state index contributed by atoms with van der Waals surface area (Å²) in [7, 11) is 0.